The molecule has 0 saturated heterocycles. The lowest BCUT2D eigenvalue weighted by Gasteiger charge is -1.98. The zero-order valence-corrected chi connectivity index (χ0v) is 9.14. The molecule has 0 spiro atoms. The van der Waals surface area contributed by atoms with E-state index in [-0.39, 0.29) is 0 Å². The van der Waals surface area contributed by atoms with E-state index >= 15 is 0 Å². The number of fused-ring (bicyclic) bond motifs is 1. The van der Waals surface area contributed by atoms with Gasteiger partial charge in [0.2, 0.25) is 0 Å². The lowest BCUT2D eigenvalue weighted by molar-refractivity contribution is 0.930. The van der Waals surface area contributed by atoms with Gasteiger partial charge in [-0.3, -0.25) is 0 Å². The molecule has 2 aromatic rings. The SMILES string of the molecule is CC(Br)Cc1cc2ccccc2[nH]1. The van der Waals surface area contributed by atoms with Gasteiger partial charge in [-0.15, -0.1) is 0 Å². The largest absolute Gasteiger partial charge is 0.358 e. The quantitative estimate of drug-likeness (QED) is 0.771. The van der Waals surface area contributed by atoms with Crippen molar-refractivity contribution in [3.05, 3.63) is 36.0 Å². The molecule has 0 amide bonds. The fraction of sp³-hybridized carbons (Fsp3) is 0.273. The molecular formula is C11H12BrN. The summed E-state index contributed by atoms with van der Waals surface area (Å²) in [6.45, 7) is 2.16. The van der Waals surface area contributed by atoms with Gasteiger partial charge in [0.1, 0.15) is 0 Å². The van der Waals surface area contributed by atoms with E-state index in [0.717, 1.165) is 6.42 Å². The van der Waals surface area contributed by atoms with Gasteiger partial charge in [0.25, 0.3) is 0 Å². The Bertz CT molecular complexity index is 370. The third-order valence-corrected chi connectivity index (χ3v) is 2.41. The molecule has 1 aromatic carbocycles. The minimum Gasteiger partial charge on any atom is -0.358 e. The van der Waals surface area contributed by atoms with Crippen molar-refractivity contribution in [2.45, 2.75) is 18.2 Å². The summed E-state index contributed by atoms with van der Waals surface area (Å²) in [5.41, 5.74) is 2.52. The van der Waals surface area contributed by atoms with E-state index in [2.05, 4.69) is 58.2 Å². The number of alkyl halides is 1. The van der Waals surface area contributed by atoms with Crippen LogP contribution in [-0.4, -0.2) is 9.81 Å². The van der Waals surface area contributed by atoms with Crippen molar-refractivity contribution >= 4 is 26.8 Å². The summed E-state index contributed by atoms with van der Waals surface area (Å²) in [6, 6.07) is 10.6. The third kappa shape index (κ3) is 1.94. The monoisotopic (exact) mass is 237 g/mol. The number of halogens is 1. The second kappa shape index (κ2) is 3.54. The molecule has 1 N–H and O–H groups in total. The predicted octanol–water partition coefficient (Wildman–Crippen LogP) is 3.49. The number of aromatic nitrogens is 1. The van der Waals surface area contributed by atoms with Crippen molar-refractivity contribution in [2.75, 3.05) is 0 Å². The average molecular weight is 238 g/mol. The van der Waals surface area contributed by atoms with Crippen LogP contribution in [0.25, 0.3) is 10.9 Å². The highest BCUT2D eigenvalue weighted by Crippen LogP contribution is 2.17. The zero-order chi connectivity index (χ0) is 9.26. The van der Waals surface area contributed by atoms with Gasteiger partial charge in [0.05, 0.1) is 0 Å². The van der Waals surface area contributed by atoms with Gasteiger partial charge in [0.15, 0.2) is 0 Å². The van der Waals surface area contributed by atoms with Gasteiger partial charge in [-0.25, -0.2) is 0 Å². The maximum absolute atomic E-state index is 3.55. The van der Waals surface area contributed by atoms with E-state index in [1.165, 1.54) is 16.6 Å². The second-order valence-corrected chi connectivity index (χ2v) is 4.93. The van der Waals surface area contributed by atoms with Gasteiger partial charge >= 0.3 is 0 Å². The van der Waals surface area contributed by atoms with Gasteiger partial charge in [-0.2, -0.15) is 0 Å². The van der Waals surface area contributed by atoms with Crippen LogP contribution in [0.5, 0.6) is 0 Å². The van der Waals surface area contributed by atoms with E-state index in [9.17, 15) is 0 Å². The highest BCUT2D eigenvalue weighted by Gasteiger charge is 2.02. The Morgan fingerprint density at radius 3 is 2.85 bits per heavy atom. The minimum absolute atomic E-state index is 0.528. The van der Waals surface area contributed by atoms with E-state index in [4.69, 9.17) is 0 Å². The summed E-state index contributed by atoms with van der Waals surface area (Å²) in [5.74, 6) is 0. The number of benzene rings is 1. The molecular weight excluding hydrogens is 226 g/mol. The molecule has 2 heteroatoms. The number of nitrogens with one attached hydrogen (secondary N) is 1. The van der Waals surface area contributed by atoms with Crippen LogP contribution in [-0.2, 0) is 6.42 Å². The molecule has 1 nitrogen and oxygen atoms in total. The topological polar surface area (TPSA) is 15.8 Å². The van der Waals surface area contributed by atoms with Crippen LogP contribution in [0.15, 0.2) is 30.3 Å². The Morgan fingerprint density at radius 2 is 2.15 bits per heavy atom. The van der Waals surface area contributed by atoms with Crippen molar-refractivity contribution in [2.24, 2.45) is 0 Å². The van der Waals surface area contributed by atoms with Crippen LogP contribution in [0.3, 0.4) is 0 Å². The standard InChI is InChI=1S/C11H12BrN/c1-8(12)6-10-7-9-4-2-3-5-11(9)13-10/h2-5,7-8,13H,6H2,1H3. The smallest absolute Gasteiger partial charge is 0.0456 e. The highest BCUT2D eigenvalue weighted by atomic mass is 79.9. The Morgan fingerprint density at radius 1 is 1.38 bits per heavy atom. The minimum atomic E-state index is 0.528. The van der Waals surface area contributed by atoms with Crippen LogP contribution < -0.4 is 0 Å². The molecule has 0 aliphatic heterocycles. The first-order chi connectivity index (χ1) is 6.25. The summed E-state index contributed by atoms with van der Waals surface area (Å²) in [6.07, 6.45) is 1.05. The fourth-order valence-corrected chi connectivity index (χ4v) is 1.90. The lowest BCUT2D eigenvalue weighted by Crippen LogP contribution is -1.95. The van der Waals surface area contributed by atoms with Gasteiger partial charge in [-0.1, -0.05) is 41.1 Å². The lowest BCUT2D eigenvalue weighted by atomic mass is 10.2. The molecule has 0 radical (unpaired) electrons. The van der Waals surface area contributed by atoms with Gasteiger partial charge in [0, 0.05) is 16.0 Å². The maximum Gasteiger partial charge on any atom is 0.0456 e. The van der Waals surface area contributed by atoms with Crippen LogP contribution in [0.1, 0.15) is 12.6 Å². The summed E-state index contributed by atoms with van der Waals surface area (Å²) < 4.78 is 0. The van der Waals surface area contributed by atoms with Crippen molar-refractivity contribution in [1.82, 2.24) is 4.98 Å². The summed E-state index contributed by atoms with van der Waals surface area (Å²) in [4.78, 5) is 3.93. The predicted molar refractivity (Wildman–Crippen MR) is 60.4 cm³/mol. The first-order valence-corrected chi connectivity index (χ1v) is 5.38. The van der Waals surface area contributed by atoms with Crippen LogP contribution >= 0.6 is 15.9 Å². The Balaban J connectivity index is 2.38. The molecule has 0 saturated carbocycles. The van der Waals surface area contributed by atoms with Crippen molar-refractivity contribution in [3.63, 3.8) is 0 Å². The number of rotatable bonds is 2. The molecule has 0 aliphatic carbocycles. The van der Waals surface area contributed by atoms with Gasteiger partial charge < -0.3 is 4.98 Å². The van der Waals surface area contributed by atoms with Crippen LogP contribution in [0, 0.1) is 0 Å². The normalized spacial score (nSPS) is 13.4. The van der Waals surface area contributed by atoms with E-state index in [1.54, 1.807) is 0 Å². The van der Waals surface area contributed by atoms with E-state index < -0.39 is 0 Å². The molecule has 0 aliphatic rings. The van der Waals surface area contributed by atoms with Crippen LogP contribution in [0.4, 0.5) is 0 Å². The molecule has 68 valence electrons. The van der Waals surface area contributed by atoms with E-state index in [0.29, 0.717) is 4.83 Å². The third-order valence-electron chi connectivity index (χ3n) is 2.09. The number of hydrogen-bond donors (Lipinski definition) is 1. The number of hydrogen-bond acceptors (Lipinski definition) is 0. The second-order valence-electron chi connectivity index (χ2n) is 3.37. The molecule has 0 fully saturated rings. The first-order valence-electron chi connectivity index (χ1n) is 4.46. The van der Waals surface area contributed by atoms with Crippen molar-refractivity contribution in [1.29, 1.82) is 0 Å². The molecule has 13 heavy (non-hydrogen) atoms. The zero-order valence-electron chi connectivity index (χ0n) is 7.55. The van der Waals surface area contributed by atoms with Gasteiger partial charge in [-0.05, 0) is 23.9 Å². The average Bonchev–Trinajstić information content (AvgIpc) is 2.44. The summed E-state index contributed by atoms with van der Waals surface area (Å²) >= 11 is 3.55. The van der Waals surface area contributed by atoms with Crippen molar-refractivity contribution < 1.29 is 0 Å². The molecule has 1 heterocycles. The maximum atomic E-state index is 3.55. The summed E-state index contributed by atoms with van der Waals surface area (Å²) in [5, 5.41) is 1.30. The number of H-pyrrole nitrogens is 1. The number of para-hydroxylation sites is 1. The first kappa shape index (κ1) is 8.82. The fourth-order valence-electron chi connectivity index (χ4n) is 1.55. The Labute approximate surface area is 86.3 Å². The van der Waals surface area contributed by atoms with Crippen molar-refractivity contribution in [3.8, 4) is 0 Å². The summed E-state index contributed by atoms with van der Waals surface area (Å²) in [7, 11) is 0. The molecule has 1 unspecified atom stereocenters. The molecule has 1 aromatic heterocycles. The van der Waals surface area contributed by atoms with E-state index in [1.807, 2.05) is 0 Å². The molecule has 2 rings (SSSR count). The molecule has 0 bridgehead atoms. The van der Waals surface area contributed by atoms with Crippen LogP contribution in [0.2, 0.25) is 0 Å². The number of aromatic amines is 1. The Hall–Kier alpha value is -0.760. The molecule has 1 atom stereocenters. The Kier molecular flexibility index (Phi) is 2.40. The highest BCUT2D eigenvalue weighted by molar-refractivity contribution is 9.09.